The number of thioether (sulfide) groups is 1. The zero-order valence-corrected chi connectivity index (χ0v) is 12.8. The highest BCUT2D eigenvalue weighted by molar-refractivity contribution is 7.99. The molecule has 0 aromatic heterocycles. The van der Waals surface area contributed by atoms with Crippen LogP contribution in [-0.4, -0.2) is 18.5 Å². The molecule has 0 saturated heterocycles. The van der Waals surface area contributed by atoms with Gasteiger partial charge in [0.15, 0.2) is 0 Å². The standard InChI is InChI=1S/C17H26OS/c1-2-13-18-16-10-8-15(9-11-16)12-14-19-17-6-4-3-5-7-17/h3-7,15-16H,2,8-14H2,1H3. The molecule has 2 rings (SSSR count). The number of ether oxygens (including phenoxy) is 1. The van der Waals surface area contributed by atoms with Gasteiger partial charge in [-0.15, -0.1) is 11.8 Å². The molecular weight excluding hydrogens is 252 g/mol. The molecule has 0 bridgehead atoms. The van der Waals surface area contributed by atoms with Crippen molar-refractivity contribution >= 4 is 11.8 Å². The largest absolute Gasteiger partial charge is 0.378 e. The quantitative estimate of drug-likeness (QED) is 0.638. The zero-order valence-electron chi connectivity index (χ0n) is 12.0. The van der Waals surface area contributed by atoms with Crippen LogP contribution < -0.4 is 0 Å². The molecule has 0 radical (unpaired) electrons. The van der Waals surface area contributed by atoms with E-state index >= 15 is 0 Å². The second kappa shape index (κ2) is 8.65. The van der Waals surface area contributed by atoms with E-state index in [0.717, 1.165) is 18.9 Å². The van der Waals surface area contributed by atoms with E-state index < -0.39 is 0 Å². The Balaban J connectivity index is 1.58. The van der Waals surface area contributed by atoms with Gasteiger partial charge in [-0.1, -0.05) is 25.1 Å². The summed E-state index contributed by atoms with van der Waals surface area (Å²) in [6.07, 6.45) is 8.35. The van der Waals surface area contributed by atoms with E-state index in [1.807, 2.05) is 11.8 Å². The highest BCUT2D eigenvalue weighted by Crippen LogP contribution is 2.30. The minimum absolute atomic E-state index is 0.554. The van der Waals surface area contributed by atoms with E-state index in [4.69, 9.17) is 4.74 Å². The molecule has 1 aliphatic carbocycles. The maximum absolute atomic E-state index is 5.85. The third kappa shape index (κ3) is 5.58. The Morgan fingerprint density at radius 3 is 2.53 bits per heavy atom. The Labute approximate surface area is 122 Å². The fourth-order valence-corrected chi connectivity index (χ4v) is 3.77. The Kier molecular flexibility index (Phi) is 6.80. The fourth-order valence-electron chi connectivity index (χ4n) is 2.73. The van der Waals surface area contributed by atoms with Gasteiger partial charge in [0.1, 0.15) is 0 Å². The number of hydrogen-bond donors (Lipinski definition) is 0. The topological polar surface area (TPSA) is 9.23 Å². The van der Waals surface area contributed by atoms with Crippen molar-refractivity contribution < 1.29 is 4.74 Å². The monoisotopic (exact) mass is 278 g/mol. The summed E-state index contributed by atoms with van der Waals surface area (Å²) in [5.74, 6) is 2.19. The summed E-state index contributed by atoms with van der Waals surface area (Å²) in [6, 6.07) is 10.7. The summed E-state index contributed by atoms with van der Waals surface area (Å²) in [7, 11) is 0. The maximum atomic E-state index is 5.85. The maximum Gasteiger partial charge on any atom is 0.0575 e. The van der Waals surface area contributed by atoms with E-state index in [1.165, 1.54) is 42.8 Å². The van der Waals surface area contributed by atoms with Crippen LogP contribution in [0.3, 0.4) is 0 Å². The molecule has 0 unspecified atom stereocenters. The predicted octanol–water partition coefficient (Wildman–Crippen LogP) is 5.15. The first-order chi connectivity index (χ1) is 9.38. The molecule has 0 atom stereocenters. The fraction of sp³-hybridized carbons (Fsp3) is 0.647. The van der Waals surface area contributed by atoms with Crippen LogP contribution in [0.2, 0.25) is 0 Å². The van der Waals surface area contributed by atoms with E-state index in [0.29, 0.717) is 6.10 Å². The van der Waals surface area contributed by atoms with Crippen LogP contribution in [0, 0.1) is 5.92 Å². The minimum atomic E-state index is 0.554. The number of benzene rings is 1. The van der Waals surface area contributed by atoms with Crippen LogP contribution in [-0.2, 0) is 4.74 Å². The van der Waals surface area contributed by atoms with Crippen LogP contribution in [0.4, 0.5) is 0 Å². The second-order valence-electron chi connectivity index (χ2n) is 5.46. The molecule has 19 heavy (non-hydrogen) atoms. The first kappa shape index (κ1) is 14.9. The lowest BCUT2D eigenvalue weighted by Crippen LogP contribution is -2.22. The lowest BCUT2D eigenvalue weighted by molar-refractivity contribution is 0.0182. The summed E-state index contributed by atoms with van der Waals surface area (Å²) >= 11 is 2.00. The van der Waals surface area contributed by atoms with Gasteiger partial charge in [-0.3, -0.25) is 0 Å². The molecule has 1 aromatic carbocycles. The van der Waals surface area contributed by atoms with Crippen LogP contribution in [0.1, 0.15) is 45.4 Å². The number of hydrogen-bond acceptors (Lipinski definition) is 2. The molecule has 1 fully saturated rings. The zero-order chi connectivity index (χ0) is 13.3. The summed E-state index contributed by atoms with van der Waals surface area (Å²) in [4.78, 5) is 1.41. The third-order valence-electron chi connectivity index (χ3n) is 3.89. The molecule has 1 aliphatic rings. The molecule has 0 spiro atoms. The lowest BCUT2D eigenvalue weighted by atomic mass is 9.86. The average molecular weight is 278 g/mol. The van der Waals surface area contributed by atoms with Crippen molar-refractivity contribution in [3.8, 4) is 0 Å². The molecular formula is C17H26OS. The summed E-state index contributed by atoms with van der Waals surface area (Å²) in [6.45, 7) is 3.13. The Bertz CT molecular complexity index is 330. The van der Waals surface area contributed by atoms with Crippen molar-refractivity contribution in [2.24, 2.45) is 5.92 Å². The highest BCUT2D eigenvalue weighted by Gasteiger charge is 2.21. The molecule has 1 saturated carbocycles. The van der Waals surface area contributed by atoms with Crippen LogP contribution in [0.25, 0.3) is 0 Å². The molecule has 0 N–H and O–H groups in total. The minimum Gasteiger partial charge on any atom is -0.378 e. The van der Waals surface area contributed by atoms with E-state index in [2.05, 4.69) is 37.3 Å². The van der Waals surface area contributed by atoms with Crippen molar-refractivity contribution in [1.82, 2.24) is 0 Å². The molecule has 0 amide bonds. The van der Waals surface area contributed by atoms with Gasteiger partial charge in [-0.05, 0) is 62.3 Å². The normalized spacial score (nSPS) is 23.4. The van der Waals surface area contributed by atoms with E-state index in [9.17, 15) is 0 Å². The van der Waals surface area contributed by atoms with Crippen molar-refractivity contribution in [2.75, 3.05) is 12.4 Å². The van der Waals surface area contributed by atoms with Gasteiger partial charge in [-0.25, -0.2) is 0 Å². The lowest BCUT2D eigenvalue weighted by Gasteiger charge is -2.28. The van der Waals surface area contributed by atoms with E-state index in [-0.39, 0.29) is 0 Å². The molecule has 0 aliphatic heterocycles. The first-order valence-electron chi connectivity index (χ1n) is 7.68. The van der Waals surface area contributed by atoms with Gasteiger partial charge in [0.25, 0.3) is 0 Å². The van der Waals surface area contributed by atoms with Gasteiger partial charge in [0.2, 0.25) is 0 Å². The van der Waals surface area contributed by atoms with Gasteiger partial charge >= 0.3 is 0 Å². The van der Waals surface area contributed by atoms with Crippen LogP contribution >= 0.6 is 11.8 Å². The van der Waals surface area contributed by atoms with Gasteiger partial charge in [0.05, 0.1) is 6.10 Å². The first-order valence-corrected chi connectivity index (χ1v) is 8.66. The van der Waals surface area contributed by atoms with Gasteiger partial charge in [0, 0.05) is 11.5 Å². The summed E-state index contributed by atoms with van der Waals surface area (Å²) in [5, 5.41) is 0. The van der Waals surface area contributed by atoms with Crippen molar-refractivity contribution in [3.63, 3.8) is 0 Å². The van der Waals surface area contributed by atoms with Crippen molar-refractivity contribution in [3.05, 3.63) is 30.3 Å². The van der Waals surface area contributed by atoms with Crippen molar-refractivity contribution in [1.29, 1.82) is 0 Å². The number of rotatable bonds is 7. The van der Waals surface area contributed by atoms with Crippen LogP contribution in [0.5, 0.6) is 0 Å². The van der Waals surface area contributed by atoms with Gasteiger partial charge < -0.3 is 4.74 Å². The Hall–Kier alpha value is -0.470. The van der Waals surface area contributed by atoms with Gasteiger partial charge in [-0.2, -0.15) is 0 Å². The Morgan fingerprint density at radius 2 is 1.84 bits per heavy atom. The average Bonchev–Trinajstić information content (AvgIpc) is 2.47. The summed E-state index contributed by atoms with van der Waals surface area (Å²) < 4.78 is 5.85. The molecule has 1 nitrogen and oxygen atoms in total. The molecule has 2 heteroatoms. The predicted molar refractivity (Wildman–Crippen MR) is 83.8 cm³/mol. The van der Waals surface area contributed by atoms with Crippen LogP contribution in [0.15, 0.2) is 35.2 Å². The second-order valence-corrected chi connectivity index (χ2v) is 6.63. The smallest absolute Gasteiger partial charge is 0.0575 e. The molecule has 1 aromatic rings. The molecule has 106 valence electrons. The highest BCUT2D eigenvalue weighted by atomic mass is 32.2. The SMILES string of the molecule is CCCOC1CCC(CCSc2ccccc2)CC1. The van der Waals surface area contributed by atoms with E-state index in [1.54, 1.807) is 0 Å². The third-order valence-corrected chi connectivity index (χ3v) is 4.93. The molecule has 0 heterocycles. The van der Waals surface area contributed by atoms with Crippen molar-refractivity contribution in [2.45, 2.75) is 56.4 Å². The summed E-state index contributed by atoms with van der Waals surface area (Å²) in [5.41, 5.74) is 0. The Morgan fingerprint density at radius 1 is 1.11 bits per heavy atom.